The lowest BCUT2D eigenvalue weighted by molar-refractivity contribution is 0.0858. The summed E-state index contributed by atoms with van der Waals surface area (Å²) >= 11 is 0. The van der Waals surface area contributed by atoms with Gasteiger partial charge in [0.2, 0.25) is 0 Å². The molecule has 2 amide bonds. The lowest BCUT2D eigenvalue weighted by atomic mass is 10.0. The largest absolute Gasteiger partial charge is 0.376 e. The lowest BCUT2D eigenvalue weighted by Crippen LogP contribution is -2.32. The second-order valence-electron chi connectivity index (χ2n) is 7.29. The molecular formula is C25H24N2O3. The number of ether oxygens (including phenoxy) is 1. The third kappa shape index (κ3) is 4.75. The quantitative estimate of drug-likeness (QED) is 0.640. The molecule has 3 aromatic carbocycles. The van der Waals surface area contributed by atoms with Crippen molar-refractivity contribution in [2.45, 2.75) is 18.9 Å². The molecule has 3 aromatic rings. The van der Waals surface area contributed by atoms with Gasteiger partial charge in [-0.1, -0.05) is 54.6 Å². The van der Waals surface area contributed by atoms with Crippen LogP contribution < -0.4 is 10.6 Å². The molecule has 0 spiro atoms. The van der Waals surface area contributed by atoms with Crippen LogP contribution in [0.3, 0.4) is 0 Å². The number of hydrogen-bond donors (Lipinski definition) is 2. The van der Waals surface area contributed by atoms with Crippen LogP contribution >= 0.6 is 0 Å². The van der Waals surface area contributed by atoms with Gasteiger partial charge >= 0.3 is 0 Å². The number of benzene rings is 3. The summed E-state index contributed by atoms with van der Waals surface area (Å²) in [5.41, 5.74) is 3.59. The third-order valence-electron chi connectivity index (χ3n) is 5.19. The average molecular weight is 400 g/mol. The molecule has 5 nitrogen and oxygen atoms in total. The minimum absolute atomic E-state index is 0.0684. The maximum absolute atomic E-state index is 12.7. The second kappa shape index (κ2) is 9.37. The van der Waals surface area contributed by atoms with Gasteiger partial charge in [0.1, 0.15) is 0 Å². The van der Waals surface area contributed by atoms with Gasteiger partial charge in [0.25, 0.3) is 11.8 Å². The summed E-state index contributed by atoms with van der Waals surface area (Å²) in [5, 5.41) is 5.77. The van der Waals surface area contributed by atoms with Crippen LogP contribution in [0.5, 0.6) is 0 Å². The standard InChI is InChI=1S/C25H24N2O3/c28-24(20-14-12-19(13-15-20)18-7-2-1-3-8-18)27-23-11-5-4-10-22(23)25(29)26-17-21-9-6-16-30-21/h1-5,7-8,10-15,21H,6,9,16-17H2,(H,26,29)(H,27,28)/t21-/m0/s1. The van der Waals surface area contributed by atoms with Crippen molar-refractivity contribution in [1.82, 2.24) is 5.32 Å². The summed E-state index contributed by atoms with van der Waals surface area (Å²) in [6.07, 6.45) is 2.05. The van der Waals surface area contributed by atoms with E-state index in [1.54, 1.807) is 36.4 Å². The van der Waals surface area contributed by atoms with Crippen LogP contribution in [-0.4, -0.2) is 31.1 Å². The third-order valence-corrected chi connectivity index (χ3v) is 5.19. The zero-order chi connectivity index (χ0) is 20.8. The smallest absolute Gasteiger partial charge is 0.255 e. The first-order chi connectivity index (χ1) is 14.7. The Kier molecular flexibility index (Phi) is 6.20. The van der Waals surface area contributed by atoms with Gasteiger partial charge in [-0.3, -0.25) is 9.59 Å². The average Bonchev–Trinajstić information content (AvgIpc) is 3.32. The number of carbonyl (C=O) groups excluding carboxylic acids is 2. The molecule has 152 valence electrons. The Morgan fingerprint density at radius 3 is 2.27 bits per heavy atom. The Balaban J connectivity index is 1.43. The minimum atomic E-state index is -0.256. The number of anilines is 1. The van der Waals surface area contributed by atoms with Gasteiger partial charge < -0.3 is 15.4 Å². The van der Waals surface area contributed by atoms with Gasteiger partial charge in [-0.15, -0.1) is 0 Å². The number of rotatable bonds is 6. The fourth-order valence-electron chi connectivity index (χ4n) is 3.54. The van der Waals surface area contributed by atoms with E-state index in [2.05, 4.69) is 10.6 Å². The molecule has 1 saturated heterocycles. The molecule has 0 radical (unpaired) electrons. The fraction of sp³-hybridized carbons (Fsp3) is 0.200. The summed E-state index contributed by atoms with van der Waals surface area (Å²) in [7, 11) is 0. The topological polar surface area (TPSA) is 67.4 Å². The lowest BCUT2D eigenvalue weighted by Gasteiger charge is -2.14. The number of amides is 2. The van der Waals surface area contributed by atoms with Crippen LogP contribution in [0.25, 0.3) is 11.1 Å². The van der Waals surface area contributed by atoms with E-state index in [1.807, 2.05) is 42.5 Å². The first kappa shape index (κ1) is 19.9. The molecule has 0 aromatic heterocycles. The molecule has 1 heterocycles. The van der Waals surface area contributed by atoms with Crippen molar-refractivity contribution in [3.8, 4) is 11.1 Å². The van der Waals surface area contributed by atoms with Gasteiger partial charge in [0.05, 0.1) is 17.4 Å². The highest BCUT2D eigenvalue weighted by Gasteiger charge is 2.18. The van der Waals surface area contributed by atoms with Crippen molar-refractivity contribution in [1.29, 1.82) is 0 Å². The number of hydrogen-bond acceptors (Lipinski definition) is 3. The van der Waals surface area contributed by atoms with Crippen LogP contribution in [0.4, 0.5) is 5.69 Å². The number of nitrogens with one attached hydrogen (secondary N) is 2. The molecule has 1 aliphatic rings. The summed E-state index contributed by atoms with van der Waals surface area (Å²) in [5.74, 6) is -0.477. The van der Waals surface area contributed by atoms with E-state index < -0.39 is 0 Å². The van der Waals surface area contributed by atoms with E-state index in [-0.39, 0.29) is 17.9 Å². The molecule has 4 rings (SSSR count). The van der Waals surface area contributed by atoms with Crippen LogP contribution in [0, 0.1) is 0 Å². The minimum Gasteiger partial charge on any atom is -0.376 e. The predicted octanol–water partition coefficient (Wildman–Crippen LogP) is 4.51. The summed E-state index contributed by atoms with van der Waals surface area (Å²) < 4.78 is 5.55. The number of carbonyl (C=O) groups is 2. The molecule has 0 aliphatic carbocycles. The molecule has 30 heavy (non-hydrogen) atoms. The normalized spacial score (nSPS) is 15.5. The van der Waals surface area contributed by atoms with E-state index in [4.69, 9.17) is 4.74 Å². The molecule has 1 atom stereocenters. The fourth-order valence-corrected chi connectivity index (χ4v) is 3.54. The molecule has 5 heteroatoms. The zero-order valence-electron chi connectivity index (χ0n) is 16.6. The van der Waals surface area contributed by atoms with E-state index in [9.17, 15) is 9.59 Å². The predicted molar refractivity (Wildman–Crippen MR) is 118 cm³/mol. The van der Waals surface area contributed by atoms with Crippen molar-refractivity contribution in [3.05, 3.63) is 90.0 Å². The van der Waals surface area contributed by atoms with E-state index >= 15 is 0 Å². The second-order valence-corrected chi connectivity index (χ2v) is 7.29. The summed E-state index contributed by atoms with van der Waals surface area (Å²) in [6, 6.07) is 24.4. The first-order valence-electron chi connectivity index (χ1n) is 10.2. The monoisotopic (exact) mass is 400 g/mol. The van der Waals surface area contributed by atoms with Crippen molar-refractivity contribution < 1.29 is 14.3 Å². The Hall–Kier alpha value is -3.44. The van der Waals surface area contributed by atoms with Gasteiger partial charge in [-0.2, -0.15) is 0 Å². The van der Waals surface area contributed by atoms with Crippen molar-refractivity contribution in [3.63, 3.8) is 0 Å². The van der Waals surface area contributed by atoms with Gasteiger partial charge in [0, 0.05) is 18.7 Å². The van der Waals surface area contributed by atoms with Crippen LogP contribution in [0.2, 0.25) is 0 Å². The van der Waals surface area contributed by atoms with Crippen molar-refractivity contribution in [2.75, 3.05) is 18.5 Å². The number of para-hydroxylation sites is 1. The first-order valence-corrected chi connectivity index (χ1v) is 10.2. The van der Waals surface area contributed by atoms with Crippen LogP contribution in [-0.2, 0) is 4.74 Å². The summed E-state index contributed by atoms with van der Waals surface area (Å²) in [6.45, 7) is 1.22. The summed E-state index contributed by atoms with van der Waals surface area (Å²) in [4.78, 5) is 25.4. The molecule has 1 aliphatic heterocycles. The van der Waals surface area contributed by atoms with Crippen molar-refractivity contribution >= 4 is 17.5 Å². The Morgan fingerprint density at radius 2 is 1.53 bits per heavy atom. The van der Waals surface area contributed by atoms with Gasteiger partial charge in [0.15, 0.2) is 0 Å². The van der Waals surface area contributed by atoms with Crippen LogP contribution in [0.1, 0.15) is 33.6 Å². The van der Waals surface area contributed by atoms with E-state index in [0.29, 0.717) is 23.4 Å². The Bertz CT molecular complexity index is 1010. The highest BCUT2D eigenvalue weighted by molar-refractivity contribution is 6.09. The SMILES string of the molecule is O=C(Nc1ccccc1C(=O)NC[C@@H]1CCCO1)c1ccc(-c2ccccc2)cc1. The molecule has 0 unspecified atom stereocenters. The van der Waals surface area contributed by atoms with Crippen molar-refractivity contribution in [2.24, 2.45) is 0 Å². The molecular weight excluding hydrogens is 376 g/mol. The van der Waals surface area contributed by atoms with Gasteiger partial charge in [-0.05, 0) is 48.2 Å². The molecule has 0 bridgehead atoms. The zero-order valence-corrected chi connectivity index (χ0v) is 16.6. The van der Waals surface area contributed by atoms with Gasteiger partial charge in [-0.25, -0.2) is 0 Å². The molecule has 2 N–H and O–H groups in total. The van der Waals surface area contributed by atoms with E-state index in [1.165, 1.54) is 0 Å². The maximum Gasteiger partial charge on any atom is 0.255 e. The Morgan fingerprint density at radius 1 is 0.833 bits per heavy atom. The molecule has 1 fully saturated rings. The Labute approximate surface area is 176 Å². The maximum atomic E-state index is 12.7. The highest BCUT2D eigenvalue weighted by atomic mass is 16.5. The molecule has 0 saturated carbocycles. The highest BCUT2D eigenvalue weighted by Crippen LogP contribution is 2.21. The van der Waals surface area contributed by atoms with Crippen LogP contribution in [0.15, 0.2) is 78.9 Å². The van der Waals surface area contributed by atoms with E-state index in [0.717, 1.165) is 30.6 Å².